The van der Waals surface area contributed by atoms with E-state index in [0.717, 1.165) is 19.3 Å². The van der Waals surface area contributed by atoms with Gasteiger partial charge in [-0.15, -0.1) is 0 Å². The molecule has 0 bridgehead atoms. The minimum atomic E-state index is -0.737. The van der Waals surface area contributed by atoms with Crippen molar-refractivity contribution < 1.29 is 14.7 Å². The molecule has 2 rings (SSSR count). The zero-order chi connectivity index (χ0) is 13.2. The van der Waals surface area contributed by atoms with Gasteiger partial charge in [-0.05, 0) is 38.5 Å². The van der Waals surface area contributed by atoms with E-state index < -0.39 is 5.97 Å². The third-order valence-electron chi connectivity index (χ3n) is 4.49. The minimum absolute atomic E-state index is 0.0135. The van der Waals surface area contributed by atoms with Crippen LogP contribution in [0.1, 0.15) is 45.4 Å². The normalized spacial score (nSPS) is 23.3. The number of rotatable bonds is 3. The zero-order valence-electron chi connectivity index (χ0n) is 10.9. The van der Waals surface area contributed by atoms with Crippen molar-refractivity contribution in [1.29, 1.82) is 0 Å². The molecular weight excluding hydrogens is 232 g/mol. The number of hydrogen-bond donors (Lipinski definition) is 2. The zero-order valence-corrected chi connectivity index (χ0v) is 10.9. The standard InChI is InChI=1S/C13H22N2O3/c1-2-13(6-3-7-13)14-12(18)15-8-4-10(5-9-15)11(16)17/h10H,2-9H2,1H3,(H,14,18)(H,16,17). The molecule has 5 nitrogen and oxygen atoms in total. The molecule has 2 fully saturated rings. The fourth-order valence-electron chi connectivity index (χ4n) is 2.81. The van der Waals surface area contributed by atoms with Crippen molar-refractivity contribution >= 4 is 12.0 Å². The van der Waals surface area contributed by atoms with Gasteiger partial charge in [-0.3, -0.25) is 4.79 Å². The van der Waals surface area contributed by atoms with E-state index in [2.05, 4.69) is 12.2 Å². The van der Waals surface area contributed by atoms with Crippen LogP contribution in [0.5, 0.6) is 0 Å². The van der Waals surface area contributed by atoms with E-state index >= 15 is 0 Å². The Morgan fingerprint density at radius 3 is 2.33 bits per heavy atom. The molecule has 18 heavy (non-hydrogen) atoms. The van der Waals surface area contributed by atoms with Gasteiger partial charge >= 0.3 is 12.0 Å². The maximum absolute atomic E-state index is 12.1. The first-order valence-corrected chi connectivity index (χ1v) is 6.86. The van der Waals surface area contributed by atoms with E-state index in [1.807, 2.05) is 0 Å². The van der Waals surface area contributed by atoms with E-state index in [1.165, 1.54) is 6.42 Å². The molecule has 0 atom stereocenters. The van der Waals surface area contributed by atoms with Crippen molar-refractivity contribution in [2.24, 2.45) is 5.92 Å². The number of likely N-dealkylation sites (tertiary alicyclic amines) is 1. The third kappa shape index (κ3) is 2.60. The van der Waals surface area contributed by atoms with Crippen LogP contribution in [-0.2, 0) is 4.79 Å². The average molecular weight is 254 g/mol. The number of carbonyl (C=O) groups excluding carboxylic acids is 1. The van der Waals surface area contributed by atoms with Crippen molar-refractivity contribution in [2.75, 3.05) is 13.1 Å². The van der Waals surface area contributed by atoms with Crippen LogP contribution in [0.2, 0.25) is 0 Å². The van der Waals surface area contributed by atoms with Crippen molar-refractivity contribution in [2.45, 2.75) is 51.0 Å². The van der Waals surface area contributed by atoms with E-state index in [0.29, 0.717) is 25.9 Å². The summed E-state index contributed by atoms with van der Waals surface area (Å²) in [5.41, 5.74) is 0.0146. The molecule has 102 valence electrons. The van der Waals surface area contributed by atoms with Gasteiger partial charge in [0.1, 0.15) is 0 Å². The molecule has 2 amide bonds. The Labute approximate surface area is 108 Å². The second-order valence-corrected chi connectivity index (χ2v) is 5.52. The summed E-state index contributed by atoms with van der Waals surface area (Å²) in [5.74, 6) is -1.02. The van der Waals surface area contributed by atoms with E-state index in [1.54, 1.807) is 4.90 Å². The van der Waals surface area contributed by atoms with Crippen LogP contribution in [-0.4, -0.2) is 40.6 Å². The molecule has 2 N–H and O–H groups in total. The Morgan fingerprint density at radius 1 is 1.33 bits per heavy atom. The number of nitrogens with zero attached hydrogens (tertiary/aromatic N) is 1. The lowest BCUT2D eigenvalue weighted by molar-refractivity contribution is -0.143. The monoisotopic (exact) mass is 254 g/mol. The SMILES string of the molecule is CCC1(NC(=O)N2CCC(C(=O)O)CC2)CCC1. The molecule has 0 spiro atoms. The van der Waals surface area contributed by atoms with Gasteiger partial charge in [-0.25, -0.2) is 4.79 Å². The highest BCUT2D eigenvalue weighted by atomic mass is 16.4. The molecule has 5 heteroatoms. The van der Waals surface area contributed by atoms with Gasteiger partial charge in [0, 0.05) is 18.6 Å². The summed E-state index contributed by atoms with van der Waals surface area (Å²) < 4.78 is 0. The minimum Gasteiger partial charge on any atom is -0.481 e. The van der Waals surface area contributed by atoms with Crippen molar-refractivity contribution in [1.82, 2.24) is 10.2 Å². The van der Waals surface area contributed by atoms with Gasteiger partial charge in [0.25, 0.3) is 0 Å². The van der Waals surface area contributed by atoms with Gasteiger partial charge in [0.15, 0.2) is 0 Å². The summed E-state index contributed by atoms with van der Waals surface area (Å²) in [6.07, 6.45) is 5.45. The number of piperidine rings is 1. The second kappa shape index (κ2) is 5.16. The number of aliphatic carboxylic acids is 1. The van der Waals surface area contributed by atoms with Crippen molar-refractivity contribution in [3.05, 3.63) is 0 Å². The molecule has 1 saturated heterocycles. The molecule has 1 aliphatic carbocycles. The lowest BCUT2D eigenvalue weighted by Gasteiger charge is -2.43. The number of carboxylic acids is 1. The molecule has 1 saturated carbocycles. The topological polar surface area (TPSA) is 69.6 Å². The quantitative estimate of drug-likeness (QED) is 0.807. The second-order valence-electron chi connectivity index (χ2n) is 5.52. The molecule has 0 aromatic rings. The molecular formula is C13H22N2O3. The summed E-state index contributed by atoms with van der Waals surface area (Å²) >= 11 is 0. The van der Waals surface area contributed by atoms with Gasteiger partial charge in [-0.2, -0.15) is 0 Å². The van der Waals surface area contributed by atoms with Crippen LogP contribution in [0.15, 0.2) is 0 Å². The van der Waals surface area contributed by atoms with Gasteiger partial charge < -0.3 is 15.3 Å². The maximum atomic E-state index is 12.1. The predicted molar refractivity (Wildman–Crippen MR) is 67.3 cm³/mol. The van der Waals surface area contributed by atoms with Crippen LogP contribution in [0, 0.1) is 5.92 Å². The van der Waals surface area contributed by atoms with Crippen LogP contribution in [0.3, 0.4) is 0 Å². The lowest BCUT2D eigenvalue weighted by Crippen LogP contribution is -2.57. The molecule has 1 aliphatic heterocycles. The third-order valence-corrected chi connectivity index (χ3v) is 4.49. The molecule has 0 radical (unpaired) electrons. The highest BCUT2D eigenvalue weighted by Crippen LogP contribution is 2.34. The summed E-state index contributed by atoms with van der Waals surface area (Å²) in [6.45, 7) is 3.22. The van der Waals surface area contributed by atoms with E-state index in [4.69, 9.17) is 5.11 Å². The Hall–Kier alpha value is -1.26. The summed E-state index contributed by atoms with van der Waals surface area (Å²) in [4.78, 5) is 24.7. The van der Waals surface area contributed by atoms with Crippen molar-refractivity contribution in [3.63, 3.8) is 0 Å². The largest absolute Gasteiger partial charge is 0.481 e. The summed E-state index contributed by atoms with van der Waals surface area (Å²) in [6, 6.07) is -0.0135. The lowest BCUT2D eigenvalue weighted by atomic mass is 9.75. The van der Waals surface area contributed by atoms with Gasteiger partial charge in [0.2, 0.25) is 0 Å². The summed E-state index contributed by atoms with van der Waals surface area (Å²) in [7, 11) is 0. The van der Waals surface area contributed by atoms with Crippen LogP contribution in [0.4, 0.5) is 4.79 Å². The molecule has 2 aliphatic rings. The Bertz CT molecular complexity index is 326. The Morgan fingerprint density at radius 2 is 1.94 bits per heavy atom. The number of amides is 2. The average Bonchev–Trinajstić information content (AvgIpc) is 2.33. The van der Waals surface area contributed by atoms with Gasteiger partial charge in [0.05, 0.1) is 5.92 Å². The highest BCUT2D eigenvalue weighted by molar-refractivity contribution is 5.76. The first-order chi connectivity index (χ1) is 8.56. The van der Waals surface area contributed by atoms with E-state index in [-0.39, 0.29) is 17.5 Å². The molecule has 1 heterocycles. The van der Waals surface area contributed by atoms with Crippen LogP contribution < -0.4 is 5.32 Å². The number of carboxylic acid groups (broad SMARTS) is 1. The maximum Gasteiger partial charge on any atom is 0.317 e. The summed E-state index contributed by atoms with van der Waals surface area (Å²) in [5, 5.41) is 12.0. The number of nitrogens with one attached hydrogen (secondary N) is 1. The first kappa shape index (κ1) is 13.2. The Balaban J connectivity index is 1.82. The molecule has 0 unspecified atom stereocenters. The van der Waals surface area contributed by atoms with Crippen LogP contribution >= 0.6 is 0 Å². The Kier molecular flexibility index (Phi) is 3.78. The van der Waals surface area contributed by atoms with E-state index in [9.17, 15) is 9.59 Å². The molecule has 0 aromatic heterocycles. The first-order valence-electron chi connectivity index (χ1n) is 6.86. The number of urea groups is 1. The smallest absolute Gasteiger partial charge is 0.317 e. The molecule has 0 aromatic carbocycles. The number of carbonyl (C=O) groups is 2. The predicted octanol–water partition coefficient (Wildman–Crippen LogP) is 1.83. The van der Waals surface area contributed by atoms with Crippen LogP contribution in [0.25, 0.3) is 0 Å². The number of hydrogen-bond acceptors (Lipinski definition) is 2. The fourth-order valence-corrected chi connectivity index (χ4v) is 2.81. The highest BCUT2D eigenvalue weighted by Gasteiger charge is 2.38. The van der Waals surface area contributed by atoms with Crippen molar-refractivity contribution in [3.8, 4) is 0 Å². The fraction of sp³-hybridized carbons (Fsp3) is 0.846. The van der Waals surface area contributed by atoms with Gasteiger partial charge in [-0.1, -0.05) is 6.92 Å².